The molecule has 8 nitrogen and oxygen atoms in total. The average Bonchev–Trinajstić information content (AvgIpc) is 3.08. The van der Waals surface area contributed by atoms with Crippen molar-refractivity contribution in [3.05, 3.63) is 41.1 Å². The smallest absolute Gasteiger partial charge is 0.269 e. The zero-order chi connectivity index (χ0) is 21.2. The third-order valence-corrected chi connectivity index (χ3v) is 6.47. The fraction of sp³-hybridized carbons (Fsp3) is 0.444. The molecule has 1 saturated carbocycles. The molecule has 0 bridgehead atoms. The molecule has 2 unspecified atom stereocenters. The van der Waals surface area contributed by atoms with Gasteiger partial charge in [0.1, 0.15) is 0 Å². The number of hydrogen-bond donors (Lipinski definition) is 3. The van der Waals surface area contributed by atoms with Crippen molar-refractivity contribution in [3.63, 3.8) is 0 Å². The molecule has 158 valence electrons. The monoisotopic (exact) mass is 443 g/mol. The summed E-state index contributed by atoms with van der Waals surface area (Å²) < 4.78 is 40.6. The molecule has 1 aliphatic rings. The van der Waals surface area contributed by atoms with Gasteiger partial charge in [0.15, 0.2) is 5.82 Å². The lowest BCUT2D eigenvalue weighted by Crippen LogP contribution is -2.44. The normalized spacial score (nSPS) is 19.9. The molecule has 1 heterocycles. The molecule has 0 aliphatic heterocycles. The van der Waals surface area contributed by atoms with Crippen molar-refractivity contribution in [2.24, 2.45) is 18.7 Å². The van der Waals surface area contributed by atoms with Gasteiger partial charge in [-0.1, -0.05) is 18.0 Å². The van der Waals surface area contributed by atoms with Crippen molar-refractivity contribution < 1.29 is 17.6 Å². The number of nitrogens with two attached hydrogens (primary N) is 1. The summed E-state index contributed by atoms with van der Waals surface area (Å²) in [5, 5.41) is -0.266. The summed E-state index contributed by atoms with van der Waals surface area (Å²) in [6.45, 7) is 0. The number of benzene rings is 1. The first kappa shape index (κ1) is 21.7. The van der Waals surface area contributed by atoms with E-state index in [9.17, 15) is 17.6 Å². The lowest BCUT2D eigenvalue weighted by atomic mass is 9.87. The fourth-order valence-electron chi connectivity index (χ4n) is 3.49. The van der Waals surface area contributed by atoms with Gasteiger partial charge in [-0.05, 0) is 37.3 Å². The van der Waals surface area contributed by atoms with Gasteiger partial charge in [0.2, 0.25) is 10.0 Å². The van der Waals surface area contributed by atoms with E-state index in [0.717, 1.165) is 19.3 Å². The van der Waals surface area contributed by atoms with Crippen LogP contribution in [-0.4, -0.2) is 35.7 Å². The number of hydrogen-bond acceptors (Lipinski definition) is 5. The number of nitrogens with one attached hydrogen (secondary N) is 2. The SMILES string of the molecule is Cn1cnc(-c2cc(Cl)c(F)c(C(=O)NNS(=O)(=O)CC3CCCC(N)C3)c2)c1. The number of hydrazine groups is 1. The Labute approximate surface area is 173 Å². The number of rotatable bonds is 6. The Kier molecular flexibility index (Phi) is 6.57. The summed E-state index contributed by atoms with van der Waals surface area (Å²) in [4.78, 5) is 18.6. The molecule has 4 N–H and O–H groups in total. The molecular formula is C18H23ClFN5O3S. The molecule has 0 spiro atoms. The van der Waals surface area contributed by atoms with Crippen molar-refractivity contribution in [1.29, 1.82) is 0 Å². The molecule has 1 amide bonds. The molecule has 1 aromatic heterocycles. The van der Waals surface area contributed by atoms with Crippen molar-refractivity contribution in [3.8, 4) is 11.3 Å². The second-order valence-electron chi connectivity index (χ2n) is 7.37. The van der Waals surface area contributed by atoms with Gasteiger partial charge in [-0.15, -0.1) is 4.83 Å². The number of amides is 1. The second-order valence-corrected chi connectivity index (χ2v) is 9.55. The molecule has 2 aromatic rings. The van der Waals surface area contributed by atoms with Gasteiger partial charge in [-0.3, -0.25) is 10.2 Å². The van der Waals surface area contributed by atoms with Gasteiger partial charge >= 0.3 is 0 Å². The standard InChI is InChI=1S/C18H23ClFN5O3S/c1-25-8-16(22-10-25)12-6-14(17(20)15(19)7-12)18(26)23-24-29(27,28)9-11-3-2-4-13(21)5-11/h6-8,10-11,13,24H,2-5,9,21H2,1H3,(H,23,26). The van der Waals surface area contributed by atoms with Crippen LogP contribution in [0.15, 0.2) is 24.7 Å². The van der Waals surface area contributed by atoms with Gasteiger partial charge in [0.25, 0.3) is 5.91 Å². The Morgan fingerprint density at radius 1 is 1.41 bits per heavy atom. The highest BCUT2D eigenvalue weighted by atomic mass is 35.5. The molecule has 0 saturated heterocycles. The number of nitrogens with zero attached hydrogens (tertiary/aromatic N) is 2. The fourth-order valence-corrected chi connectivity index (χ4v) is 4.97. The lowest BCUT2D eigenvalue weighted by Gasteiger charge is -2.26. The van der Waals surface area contributed by atoms with E-state index in [-0.39, 0.29) is 28.3 Å². The van der Waals surface area contributed by atoms with E-state index < -0.39 is 21.7 Å². The van der Waals surface area contributed by atoms with Crippen LogP contribution in [-0.2, 0) is 17.1 Å². The minimum absolute atomic E-state index is 0.0101. The van der Waals surface area contributed by atoms with E-state index in [1.807, 2.05) is 4.83 Å². The third kappa shape index (κ3) is 5.53. The predicted molar refractivity (Wildman–Crippen MR) is 108 cm³/mol. The van der Waals surface area contributed by atoms with Crippen LogP contribution in [0.1, 0.15) is 36.0 Å². The van der Waals surface area contributed by atoms with E-state index in [0.29, 0.717) is 17.7 Å². The van der Waals surface area contributed by atoms with Gasteiger partial charge in [0.05, 0.1) is 28.4 Å². The first-order chi connectivity index (χ1) is 13.6. The number of imidazole rings is 1. The first-order valence-corrected chi connectivity index (χ1v) is 11.2. The molecule has 3 rings (SSSR count). The molecular weight excluding hydrogens is 421 g/mol. The number of aromatic nitrogens is 2. The number of carbonyl (C=O) groups excluding carboxylic acids is 1. The maximum atomic E-state index is 14.4. The Bertz CT molecular complexity index is 1010. The van der Waals surface area contributed by atoms with Crippen LogP contribution in [0.2, 0.25) is 5.02 Å². The second kappa shape index (κ2) is 8.78. The van der Waals surface area contributed by atoms with E-state index in [4.69, 9.17) is 17.3 Å². The maximum absolute atomic E-state index is 14.4. The van der Waals surface area contributed by atoms with Gasteiger partial charge < -0.3 is 10.3 Å². The summed E-state index contributed by atoms with van der Waals surface area (Å²) in [6, 6.07) is 2.61. The van der Waals surface area contributed by atoms with Crippen LogP contribution >= 0.6 is 11.6 Å². The molecule has 0 radical (unpaired) electrons. The number of halogens is 2. The molecule has 1 aliphatic carbocycles. The zero-order valence-corrected chi connectivity index (χ0v) is 17.4. The molecule has 1 fully saturated rings. The van der Waals surface area contributed by atoms with Crippen molar-refractivity contribution in [2.75, 3.05) is 5.75 Å². The number of sulfonamides is 1. The predicted octanol–water partition coefficient (Wildman–Crippen LogP) is 1.96. The summed E-state index contributed by atoms with van der Waals surface area (Å²) in [7, 11) is -2.03. The van der Waals surface area contributed by atoms with Gasteiger partial charge in [-0.25, -0.2) is 17.8 Å². The molecule has 29 heavy (non-hydrogen) atoms. The number of carbonyl (C=O) groups is 1. The van der Waals surface area contributed by atoms with Crippen LogP contribution in [0.3, 0.4) is 0 Å². The highest BCUT2D eigenvalue weighted by Gasteiger charge is 2.26. The largest absolute Gasteiger partial charge is 0.340 e. The highest BCUT2D eigenvalue weighted by molar-refractivity contribution is 7.89. The molecule has 1 aromatic carbocycles. The average molecular weight is 444 g/mol. The first-order valence-electron chi connectivity index (χ1n) is 9.17. The Hall–Kier alpha value is -2.01. The maximum Gasteiger partial charge on any atom is 0.269 e. The van der Waals surface area contributed by atoms with E-state index in [2.05, 4.69) is 10.4 Å². The zero-order valence-electron chi connectivity index (χ0n) is 15.9. The lowest BCUT2D eigenvalue weighted by molar-refractivity contribution is 0.0941. The summed E-state index contributed by atoms with van der Waals surface area (Å²) in [5.74, 6) is -2.13. The van der Waals surface area contributed by atoms with Crippen molar-refractivity contribution in [1.82, 2.24) is 19.8 Å². The minimum Gasteiger partial charge on any atom is -0.340 e. The van der Waals surface area contributed by atoms with E-state index in [1.165, 1.54) is 12.1 Å². The summed E-state index contributed by atoms with van der Waals surface area (Å²) in [6.07, 6.45) is 6.37. The topological polar surface area (TPSA) is 119 Å². The van der Waals surface area contributed by atoms with Crippen LogP contribution in [0.4, 0.5) is 4.39 Å². The highest BCUT2D eigenvalue weighted by Crippen LogP contribution is 2.27. The van der Waals surface area contributed by atoms with Crippen molar-refractivity contribution >= 4 is 27.5 Å². The summed E-state index contributed by atoms with van der Waals surface area (Å²) >= 11 is 5.91. The van der Waals surface area contributed by atoms with E-state index >= 15 is 0 Å². The van der Waals surface area contributed by atoms with E-state index in [1.54, 1.807) is 24.1 Å². The minimum atomic E-state index is -3.80. The Morgan fingerprint density at radius 2 is 2.17 bits per heavy atom. The van der Waals surface area contributed by atoms with Crippen LogP contribution in [0.25, 0.3) is 11.3 Å². The van der Waals surface area contributed by atoms with Crippen LogP contribution in [0.5, 0.6) is 0 Å². The van der Waals surface area contributed by atoms with Gasteiger partial charge in [-0.2, -0.15) is 0 Å². The van der Waals surface area contributed by atoms with Crippen molar-refractivity contribution in [2.45, 2.75) is 31.7 Å². The number of aryl methyl sites for hydroxylation is 1. The quantitative estimate of drug-likeness (QED) is 0.589. The Balaban J connectivity index is 1.70. The summed E-state index contributed by atoms with van der Waals surface area (Å²) in [5.41, 5.74) is 8.49. The Morgan fingerprint density at radius 3 is 2.83 bits per heavy atom. The molecule has 2 atom stereocenters. The van der Waals surface area contributed by atoms with Crippen LogP contribution < -0.4 is 16.0 Å². The van der Waals surface area contributed by atoms with Crippen LogP contribution in [0, 0.1) is 11.7 Å². The third-order valence-electron chi connectivity index (χ3n) is 4.87. The van der Waals surface area contributed by atoms with Gasteiger partial charge in [0, 0.05) is 24.8 Å². The molecule has 11 heteroatoms.